The zero-order valence-corrected chi connectivity index (χ0v) is 13.6. The maximum atomic E-state index is 12.6. The van der Waals surface area contributed by atoms with Crippen LogP contribution in [0.25, 0.3) is 0 Å². The fourth-order valence-corrected chi connectivity index (χ4v) is 2.74. The first-order chi connectivity index (χ1) is 11.5. The van der Waals surface area contributed by atoms with Crippen molar-refractivity contribution in [3.63, 3.8) is 0 Å². The van der Waals surface area contributed by atoms with Gasteiger partial charge in [0.05, 0.1) is 16.8 Å². The Balaban J connectivity index is 2.00. The molecule has 24 heavy (non-hydrogen) atoms. The van der Waals surface area contributed by atoms with Crippen LogP contribution in [0.3, 0.4) is 0 Å². The number of aryl methyl sites for hydroxylation is 1. The van der Waals surface area contributed by atoms with Crippen LogP contribution < -0.4 is 10.2 Å². The van der Waals surface area contributed by atoms with E-state index < -0.39 is 0 Å². The number of imide groups is 1. The number of fused-ring (bicyclic) bond motifs is 1. The third-order valence-corrected chi connectivity index (χ3v) is 4.04. The molecule has 0 aliphatic carbocycles. The number of carbonyl (C=O) groups is 3. The molecule has 0 saturated carbocycles. The van der Waals surface area contributed by atoms with E-state index in [9.17, 15) is 14.4 Å². The molecule has 0 aromatic heterocycles. The Morgan fingerprint density at radius 1 is 1.04 bits per heavy atom. The van der Waals surface area contributed by atoms with Crippen molar-refractivity contribution in [3.8, 4) is 0 Å². The van der Waals surface area contributed by atoms with Gasteiger partial charge in [0.2, 0.25) is 0 Å². The molecular formula is C19H18N2O3. The molecule has 1 aliphatic heterocycles. The number of amides is 3. The molecule has 5 heteroatoms. The van der Waals surface area contributed by atoms with Gasteiger partial charge in [-0.05, 0) is 43.2 Å². The molecule has 1 aliphatic rings. The Hall–Kier alpha value is -2.95. The van der Waals surface area contributed by atoms with Crippen LogP contribution in [0, 0.1) is 6.92 Å². The van der Waals surface area contributed by atoms with Crippen molar-refractivity contribution in [2.45, 2.75) is 20.3 Å². The lowest BCUT2D eigenvalue weighted by molar-refractivity contribution is 0.0919. The van der Waals surface area contributed by atoms with E-state index in [1.165, 1.54) is 0 Å². The van der Waals surface area contributed by atoms with Crippen LogP contribution in [0.1, 0.15) is 50.0 Å². The van der Waals surface area contributed by atoms with Crippen LogP contribution in [0.4, 0.5) is 5.69 Å². The monoisotopic (exact) mass is 322 g/mol. The van der Waals surface area contributed by atoms with Crippen LogP contribution in [0.5, 0.6) is 0 Å². The molecule has 0 radical (unpaired) electrons. The minimum Gasteiger partial charge on any atom is -0.352 e. The van der Waals surface area contributed by atoms with E-state index in [0.717, 1.165) is 16.9 Å². The summed E-state index contributed by atoms with van der Waals surface area (Å²) in [5.41, 5.74) is 2.42. The summed E-state index contributed by atoms with van der Waals surface area (Å²) in [6.07, 6.45) is 0.836. The van der Waals surface area contributed by atoms with E-state index in [4.69, 9.17) is 0 Å². The zero-order chi connectivity index (χ0) is 17.3. The number of anilines is 1. The first-order valence-electron chi connectivity index (χ1n) is 7.91. The second kappa shape index (κ2) is 6.28. The third-order valence-electron chi connectivity index (χ3n) is 4.04. The minimum atomic E-state index is -0.357. The van der Waals surface area contributed by atoms with Gasteiger partial charge in [-0.15, -0.1) is 0 Å². The van der Waals surface area contributed by atoms with E-state index >= 15 is 0 Å². The number of benzene rings is 2. The first kappa shape index (κ1) is 15.9. The van der Waals surface area contributed by atoms with Crippen molar-refractivity contribution in [2.75, 3.05) is 11.4 Å². The van der Waals surface area contributed by atoms with Gasteiger partial charge in [-0.3, -0.25) is 14.4 Å². The van der Waals surface area contributed by atoms with E-state index in [1.54, 1.807) is 42.5 Å². The molecule has 3 rings (SSSR count). The Morgan fingerprint density at radius 2 is 1.67 bits per heavy atom. The van der Waals surface area contributed by atoms with Gasteiger partial charge in [0.1, 0.15) is 0 Å². The molecule has 3 amide bonds. The average Bonchev–Trinajstić information content (AvgIpc) is 2.85. The van der Waals surface area contributed by atoms with Crippen LogP contribution in [0.2, 0.25) is 0 Å². The maximum Gasteiger partial charge on any atom is 0.266 e. The summed E-state index contributed by atoms with van der Waals surface area (Å²) < 4.78 is 0. The van der Waals surface area contributed by atoms with Gasteiger partial charge in [0, 0.05) is 12.1 Å². The van der Waals surface area contributed by atoms with Crippen molar-refractivity contribution in [1.29, 1.82) is 0 Å². The summed E-state index contributed by atoms with van der Waals surface area (Å²) in [5, 5.41) is 2.80. The summed E-state index contributed by atoms with van der Waals surface area (Å²) in [6.45, 7) is 4.36. The van der Waals surface area contributed by atoms with Gasteiger partial charge < -0.3 is 5.32 Å². The summed E-state index contributed by atoms with van der Waals surface area (Å²) in [7, 11) is 0. The third kappa shape index (κ3) is 2.58. The number of nitrogens with one attached hydrogen (secondary N) is 1. The van der Waals surface area contributed by atoms with Gasteiger partial charge in [-0.2, -0.15) is 0 Å². The van der Waals surface area contributed by atoms with Gasteiger partial charge in [-0.1, -0.05) is 25.1 Å². The molecular weight excluding hydrogens is 304 g/mol. The Morgan fingerprint density at radius 3 is 2.25 bits per heavy atom. The minimum absolute atomic E-state index is 0.213. The summed E-state index contributed by atoms with van der Waals surface area (Å²) in [4.78, 5) is 38.5. The quantitative estimate of drug-likeness (QED) is 0.880. The molecule has 0 atom stereocenters. The largest absolute Gasteiger partial charge is 0.352 e. The molecule has 122 valence electrons. The predicted molar refractivity (Wildman–Crippen MR) is 91.4 cm³/mol. The molecule has 1 heterocycles. The van der Waals surface area contributed by atoms with Crippen molar-refractivity contribution < 1.29 is 14.4 Å². The SMILES string of the molecule is CCCNC(=O)c1ccc(C)c(N2C(=O)c3ccccc3C2=O)c1. The normalized spacial score (nSPS) is 13.2. The highest BCUT2D eigenvalue weighted by Crippen LogP contribution is 2.31. The highest BCUT2D eigenvalue weighted by atomic mass is 16.2. The number of nitrogens with zero attached hydrogens (tertiary/aromatic N) is 1. The van der Waals surface area contributed by atoms with Crippen molar-refractivity contribution >= 4 is 23.4 Å². The molecule has 0 bridgehead atoms. The fraction of sp³-hybridized carbons (Fsp3) is 0.211. The van der Waals surface area contributed by atoms with E-state index in [0.29, 0.717) is 28.9 Å². The van der Waals surface area contributed by atoms with E-state index in [2.05, 4.69) is 5.32 Å². The topological polar surface area (TPSA) is 66.5 Å². The highest BCUT2D eigenvalue weighted by Gasteiger charge is 2.37. The number of hydrogen-bond acceptors (Lipinski definition) is 3. The summed E-state index contributed by atoms with van der Waals surface area (Å²) >= 11 is 0. The Labute approximate surface area is 140 Å². The van der Waals surface area contributed by atoms with Gasteiger partial charge in [0.25, 0.3) is 17.7 Å². The molecule has 0 saturated heterocycles. The van der Waals surface area contributed by atoms with Crippen molar-refractivity contribution in [1.82, 2.24) is 5.32 Å². The van der Waals surface area contributed by atoms with Crippen LogP contribution >= 0.6 is 0 Å². The average molecular weight is 322 g/mol. The number of hydrogen-bond donors (Lipinski definition) is 1. The van der Waals surface area contributed by atoms with E-state index in [-0.39, 0.29) is 17.7 Å². The fourth-order valence-electron chi connectivity index (χ4n) is 2.74. The lowest BCUT2D eigenvalue weighted by Crippen LogP contribution is -2.31. The predicted octanol–water partition coefficient (Wildman–Crippen LogP) is 2.94. The summed E-state index contributed by atoms with van der Waals surface area (Å²) in [6, 6.07) is 11.8. The van der Waals surface area contributed by atoms with Crippen molar-refractivity contribution in [2.24, 2.45) is 0 Å². The second-order valence-electron chi connectivity index (χ2n) is 5.75. The molecule has 5 nitrogen and oxygen atoms in total. The maximum absolute atomic E-state index is 12.6. The van der Waals surface area contributed by atoms with Crippen LogP contribution in [-0.4, -0.2) is 24.3 Å². The molecule has 0 spiro atoms. The zero-order valence-electron chi connectivity index (χ0n) is 13.6. The van der Waals surface area contributed by atoms with Gasteiger partial charge in [-0.25, -0.2) is 4.90 Å². The Kier molecular flexibility index (Phi) is 4.16. The van der Waals surface area contributed by atoms with Crippen molar-refractivity contribution in [3.05, 3.63) is 64.7 Å². The Bertz CT molecular complexity index is 807. The number of carbonyl (C=O) groups excluding carboxylic acids is 3. The molecule has 0 fully saturated rings. The van der Waals surface area contributed by atoms with Crippen LogP contribution in [-0.2, 0) is 0 Å². The molecule has 0 unspecified atom stereocenters. The lowest BCUT2D eigenvalue weighted by Gasteiger charge is -2.17. The number of rotatable bonds is 4. The highest BCUT2D eigenvalue weighted by molar-refractivity contribution is 6.34. The standard InChI is InChI=1S/C19H18N2O3/c1-3-10-20-17(22)13-9-8-12(2)16(11-13)21-18(23)14-6-4-5-7-15(14)19(21)24/h4-9,11H,3,10H2,1-2H3,(H,20,22). The molecule has 2 aromatic carbocycles. The van der Waals surface area contributed by atoms with Gasteiger partial charge >= 0.3 is 0 Å². The molecule has 1 N–H and O–H groups in total. The molecule has 2 aromatic rings. The first-order valence-corrected chi connectivity index (χ1v) is 7.91. The van der Waals surface area contributed by atoms with Crippen LogP contribution in [0.15, 0.2) is 42.5 Å². The van der Waals surface area contributed by atoms with E-state index in [1.807, 2.05) is 13.8 Å². The lowest BCUT2D eigenvalue weighted by atomic mass is 10.1. The second-order valence-corrected chi connectivity index (χ2v) is 5.75. The summed E-state index contributed by atoms with van der Waals surface area (Å²) in [5.74, 6) is -0.927. The van der Waals surface area contributed by atoms with Gasteiger partial charge in [0.15, 0.2) is 0 Å². The smallest absolute Gasteiger partial charge is 0.266 e.